The average molecular weight is 261 g/mol. The number of nitrogens with zero attached hydrogens (tertiary/aromatic N) is 2. The Kier molecular flexibility index (Phi) is 3.52. The molecule has 0 atom stereocenters. The first-order valence-corrected chi connectivity index (χ1v) is 6.52. The quantitative estimate of drug-likeness (QED) is 0.787. The highest BCUT2D eigenvalue weighted by Crippen LogP contribution is 2.28. The second-order valence-corrected chi connectivity index (χ2v) is 4.55. The van der Waals surface area contributed by atoms with E-state index in [1.807, 2.05) is 24.3 Å². The van der Waals surface area contributed by atoms with Crippen molar-refractivity contribution in [1.29, 1.82) is 0 Å². The minimum atomic E-state index is 0.510. The standard InChI is InChI=1S/C17H15N3/c18-12-16-11-15(13-3-7-19-8-4-13)1-2-17(16)14-5-9-20-10-6-14/h1-11H,12,18H2. The van der Waals surface area contributed by atoms with Gasteiger partial charge in [-0.15, -0.1) is 0 Å². The number of nitrogens with two attached hydrogens (primary N) is 1. The van der Waals surface area contributed by atoms with Gasteiger partial charge in [0.05, 0.1) is 0 Å². The van der Waals surface area contributed by atoms with Crippen molar-refractivity contribution in [1.82, 2.24) is 9.97 Å². The van der Waals surface area contributed by atoms with Crippen molar-refractivity contribution < 1.29 is 0 Å². The van der Waals surface area contributed by atoms with E-state index in [9.17, 15) is 0 Å². The fourth-order valence-corrected chi connectivity index (χ4v) is 2.30. The lowest BCUT2D eigenvalue weighted by Crippen LogP contribution is -1.99. The van der Waals surface area contributed by atoms with E-state index in [4.69, 9.17) is 5.73 Å². The van der Waals surface area contributed by atoms with Crippen molar-refractivity contribution in [3.8, 4) is 22.3 Å². The molecule has 0 bridgehead atoms. The summed E-state index contributed by atoms with van der Waals surface area (Å²) in [6, 6.07) is 14.4. The summed E-state index contributed by atoms with van der Waals surface area (Å²) in [6.07, 6.45) is 7.20. The van der Waals surface area contributed by atoms with E-state index in [1.165, 1.54) is 0 Å². The summed E-state index contributed by atoms with van der Waals surface area (Å²) >= 11 is 0. The normalized spacial score (nSPS) is 10.4. The van der Waals surface area contributed by atoms with Gasteiger partial charge in [-0.2, -0.15) is 0 Å². The second-order valence-electron chi connectivity index (χ2n) is 4.55. The van der Waals surface area contributed by atoms with E-state index in [1.54, 1.807) is 24.8 Å². The minimum absolute atomic E-state index is 0.510. The van der Waals surface area contributed by atoms with Crippen LogP contribution in [0, 0.1) is 0 Å². The first-order valence-electron chi connectivity index (χ1n) is 6.52. The number of hydrogen-bond donors (Lipinski definition) is 1. The molecule has 20 heavy (non-hydrogen) atoms. The highest BCUT2D eigenvalue weighted by molar-refractivity contribution is 5.73. The molecule has 0 amide bonds. The Morgan fingerprint density at radius 1 is 0.700 bits per heavy atom. The lowest BCUT2D eigenvalue weighted by molar-refractivity contribution is 1.07. The van der Waals surface area contributed by atoms with Crippen molar-refractivity contribution in [3.05, 3.63) is 72.8 Å². The van der Waals surface area contributed by atoms with Gasteiger partial charge in [0.15, 0.2) is 0 Å². The van der Waals surface area contributed by atoms with Crippen LogP contribution in [-0.2, 0) is 6.54 Å². The number of hydrogen-bond acceptors (Lipinski definition) is 3. The van der Waals surface area contributed by atoms with Crippen molar-refractivity contribution in [2.45, 2.75) is 6.54 Å². The van der Waals surface area contributed by atoms with Crippen LogP contribution in [0.4, 0.5) is 0 Å². The zero-order valence-electron chi connectivity index (χ0n) is 11.0. The molecular formula is C17H15N3. The van der Waals surface area contributed by atoms with Gasteiger partial charge >= 0.3 is 0 Å². The summed E-state index contributed by atoms with van der Waals surface area (Å²) in [5.74, 6) is 0. The van der Waals surface area contributed by atoms with Crippen LogP contribution in [0.3, 0.4) is 0 Å². The van der Waals surface area contributed by atoms with Crippen LogP contribution in [0.2, 0.25) is 0 Å². The third-order valence-electron chi connectivity index (χ3n) is 3.33. The maximum atomic E-state index is 5.91. The van der Waals surface area contributed by atoms with Crippen LogP contribution in [0.25, 0.3) is 22.3 Å². The molecule has 0 radical (unpaired) electrons. The number of pyridine rings is 2. The van der Waals surface area contributed by atoms with Crippen LogP contribution in [-0.4, -0.2) is 9.97 Å². The Morgan fingerprint density at radius 2 is 1.30 bits per heavy atom. The molecule has 3 heteroatoms. The first kappa shape index (κ1) is 12.5. The largest absolute Gasteiger partial charge is 0.326 e. The van der Waals surface area contributed by atoms with E-state index in [-0.39, 0.29) is 0 Å². The van der Waals surface area contributed by atoms with Gasteiger partial charge in [0.2, 0.25) is 0 Å². The van der Waals surface area contributed by atoms with Crippen molar-refractivity contribution in [2.24, 2.45) is 5.73 Å². The van der Waals surface area contributed by atoms with Crippen LogP contribution in [0.15, 0.2) is 67.3 Å². The molecule has 0 aliphatic heterocycles. The summed E-state index contributed by atoms with van der Waals surface area (Å²) < 4.78 is 0. The number of benzene rings is 1. The highest BCUT2D eigenvalue weighted by atomic mass is 14.6. The van der Waals surface area contributed by atoms with E-state index >= 15 is 0 Å². The smallest absolute Gasteiger partial charge is 0.0273 e. The molecule has 2 N–H and O–H groups in total. The molecule has 2 heterocycles. The maximum absolute atomic E-state index is 5.91. The Morgan fingerprint density at radius 3 is 1.90 bits per heavy atom. The van der Waals surface area contributed by atoms with Gasteiger partial charge < -0.3 is 5.73 Å². The molecule has 1 aromatic carbocycles. The molecule has 3 aromatic rings. The molecule has 0 saturated carbocycles. The Balaban J connectivity index is 2.07. The number of aromatic nitrogens is 2. The van der Waals surface area contributed by atoms with Crippen LogP contribution in [0.5, 0.6) is 0 Å². The van der Waals surface area contributed by atoms with Gasteiger partial charge in [0.1, 0.15) is 0 Å². The summed E-state index contributed by atoms with van der Waals surface area (Å²) in [5, 5.41) is 0. The zero-order valence-corrected chi connectivity index (χ0v) is 11.0. The monoisotopic (exact) mass is 261 g/mol. The van der Waals surface area contributed by atoms with Crippen molar-refractivity contribution in [2.75, 3.05) is 0 Å². The van der Waals surface area contributed by atoms with Gasteiger partial charge in [-0.1, -0.05) is 12.1 Å². The molecule has 0 aliphatic rings. The average Bonchev–Trinajstić information content (AvgIpc) is 2.56. The second kappa shape index (κ2) is 5.63. The van der Waals surface area contributed by atoms with Gasteiger partial charge in [-0.3, -0.25) is 9.97 Å². The van der Waals surface area contributed by atoms with Crippen molar-refractivity contribution >= 4 is 0 Å². The summed E-state index contributed by atoms with van der Waals surface area (Å²) in [5.41, 5.74) is 11.6. The molecule has 2 aromatic heterocycles. The van der Waals surface area contributed by atoms with E-state index in [0.717, 1.165) is 27.8 Å². The third-order valence-corrected chi connectivity index (χ3v) is 3.33. The molecule has 0 spiro atoms. The first-order chi connectivity index (χ1) is 9.88. The molecule has 98 valence electrons. The Labute approximate surface area is 118 Å². The van der Waals surface area contributed by atoms with Crippen molar-refractivity contribution in [3.63, 3.8) is 0 Å². The van der Waals surface area contributed by atoms with Gasteiger partial charge in [-0.05, 0) is 58.1 Å². The fraction of sp³-hybridized carbons (Fsp3) is 0.0588. The van der Waals surface area contributed by atoms with Gasteiger partial charge in [-0.25, -0.2) is 0 Å². The minimum Gasteiger partial charge on any atom is -0.326 e. The fourth-order valence-electron chi connectivity index (χ4n) is 2.30. The molecular weight excluding hydrogens is 246 g/mol. The summed E-state index contributed by atoms with van der Waals surface area (Å²) in [6.45, 7) is 0.510. The summed E-state index contributed by atoms with van der Waals surface area (Å²) in [4.78, 5) is 8.10. The van der Waals surface area contributed by atoms with E-state index in [0.29, 0.717) is 6.54 Å². The maximum Gasteiger partial charge on any atom is 0.0273 e. The third kappa shape index (κ3) is 2.44. The predicted molar refractivity (Wildman–Crippen MR) is 80.8 cm³/mol. The summed E-state index contributed by atoms with van der Waals surface area (Å²) in [7, 11) is 0. The van der Waals surface area contributed by atoms with Crippen LogP contribution >= 0.6 is 0 Å². The zero-order chi connectivity index (χ0) is 13.8. The van der Waals surface area contributed by atoms with E-state index < -0.39 is 0 Å². The van der Waals surface area contributed by atoms with Gasteiger partial charge in [0.25, 0.3) is 0 Å². The Bertz CT molecular complexity index is 694. The SMILES string of the molecule is NCc1cc(-c2ccncc2)ccc1-c1ccncc1. The predicted octanol–water partition coefficient (Wildman–Crippen LogP) is 3.27. The molecule has 3 nitrogen and oxygen atoms in total. The molecule has 3 rings (SSSR count). The molecule has 0 fully saturated rings. The van der Waals surface area contributed by atoms with Crippen LogP contribution in [0.1, 0.15) is 5.56 Å². The Hall–Kier alpha value is -2.52. The highest BCUT2D eigenvalue weighted by Gasteiger charge is 2.06. The lowest BCUT2D eigenvalue weighted by atomic mass is 9.96. The molecule has 0 unspecified atom stereocenters. The van der Waals surface area contributed by atoms with E-state index in [2.05, 4.69) is 28.2 Å². The number of rotatable bonds is 3. The lowest BCUT2D eigenvalue weighted by Gasteiger charge is -2.10. The topological polar surface area (TPSA) is 51.8 Å². The molecule has 0 saturated heterocycles. The molecule has 0 aliphatic carbocycles. The van der Waals surface area contributed by atoms with Gasteiger partial charge in [0, 0.05) is 31.3 Å². The van der Waals surface area contributed by atoms with Crippen LogP contribution < -0.4 is 5.73 Å².